The van der Waals surface area contributed by atoms with Gasteiger partial charge in [-0.2, -0.15) is 5.10 Å². The molecule has 0 aliphatic carbocycles. The van der Waals surface area contributed by atoms with Crippen LogP contribution in [0.15, 0.2) is 65.8 Å². The predicted octanol–water partition coefficient (Wildman–Crippen LogP) is 5.51. The van der Waals surface area contributed by atoms with Crippen LogP contribution in [0, 0.1) is 24.0 Å². The molecule has 0 aliphatic rings. The fourth-order valence-corrected chi connectivity index (χ4v) is 3.01. The molecule has 0 bridgehead atoms. The maximum atomic E-state index is 10.8. The second-order valence-corrected chi connectivity index (χ2v) is 7.35. The van der Waals surface area contributed by atoms with Crippen LogP contribution in [-0.2, 0) is 0 Å². The van der Waals surface area contributed by atoms with Crippen LogP contribution in [0.2, 0.25) is 0 Å². The van der Waals surface area contributed by atoms with E-state index in [1.807, 2.05) is 36.4 Å². The van der Waals surface area contributed by atoms with Crippen molar-refractivity contribution in [3.8, 4) is 17.2 Å². The number of rotatable bonds is 11. The van der Waals surface area contributed by atoms with Gasteiger partial charge in [0.05, 0.1) is 37.1 Å². The monoisotopic (exact) mass is 449 g/mol. The van der Waals surface area contributed by atoms with Crippen molar-refractivity contribution in [2.75, 3.05) is 25.7 Å². The van der Waals surface area contributed by atoms with Gasteiger partial charge in [-0.1, -0.05) is 12.1 Å². The number of nitro benzene ring substituents is 1. The number of methoxy groups -OCH3 is 1. The molecule has 8 nitrogen and oxygen atoms in total. The molecule has 3 aromatic rings. The Morgan fingerprint density at radius 3 is 2.45 bits per heavy atom. The Kier molecular flexibility index (Phi) is 8.24. The minimum absolute atomic E-state index is 0.0227. The average Bonchev–Trinajstić information content (AvgIpc) is 2.82. The van der Waals surface area contributed by atoms with E-state index < -0.39 is 4.92 Å². The highest BCUT2D eigenvalue weighted by atomic mass is 16.6. The summed E-state index contributed by atoms with van der Waals surface area (Å²) < 4.78 is 17.2. The third-order valence-corrected chi connectivity index (χ3v) is 4.99. The summed E-state index contributed by atoms with van der Waals surface area (Å²) in [6.07, 6.45) is 2.31. The summed E-state index contributed by atoms with van der Waals surface area (Å²) in [7, 11) is 1.58. The van der Waals surface area contributed by atoms with Crippen molar-refractivity contribution >= 4 is 17.6 Å². The Hall–Kier alpha value is -4.07. The van der Waals surface area contributed by atoms with Crippen molar-refractivity contribution in [3.05, 3.63) is 87.5 Å². The standard InChI is InChI=1S/C25H27N3O5/c1-18-8-13-23(16-19(18)2)32-14-5-15-33-25-20(6-4-7-24(25)31-3)17-26-27-21-9-11-22(12-10-21)28(29)30/h4,6-13,16-17,27H,5,14-15H2,1-3H3. The zero-order valence-electron chi connectivity index (χ0n) is 18.9. The molecular formula is C25H27N3O5. The summed E-state index contributed by atoms with van der Waals surface area (Å²) >= 11 is 0. The first-order valence-electron chi connectivity index (χ1n) is 10.5. The molecule has 8 heteroatoms. The zero-order valence-corrected chi connectivity index (χ0v) is 18.9. The average molecular weight is 450 g/mol. The van der Waals surface area contributed by atoms with Gasteiger partial charge >= 0.3 is 0 Å². The van der Waals surface area contributed by atoms with Crippen LogP contribution in [0.3, 0.4) is 0 Å². The molecule has 0 aliphatic heterocycles. The van der Waals surface area contributed by atoms with Crippen molar-refractivity contribution in [1.29, 1.82) is 0 Å². The molecule has 0 saturated carbocycles. The highest BCUT2D eigenvalue weighted by Gasteiger charge is 2.10. The van der Waals surface area contributed by atoms with E-state index in [9.17, 15) is 10.1 Å². The summed E-state index contributed by atoms with van der Waals surface area (Å²) in [6, 6.07) is 17.6. The first-order chi connectivity index (χ1) is 16.0. The van der Waals surface area contributed by atoms with Gasteiger partial charge in [0, 0.05) is 24.1 Å². The molecule has 0 amide bonds. The molecule has 33 heavy (non-hydrogen) atoms. The summed E-state index contributed by atoms with van der Waals surface area (Å²) in [5.74, 6) is 2.03. The maximum absolute atomic E-state index is 10.8. The van der Waals surface area contributed by atoms with Crippen LogP contribution in [0.5, 0.6) is 17.2 Å². The summed E-state index contributed by atoms with van der Waals surface area (Å²) in [5.41, 5.74) is 6.68. The van der Waals surface area contributed by atoms with Gasteiger partial charge in [-0.05, 0) is 61.4 Å². The topological polar surface area (TPSA) is 95.2 Å². The van der Waals surface area contributed by atoms with Crippen molar-refractivity contribution in [2.24, 2.45) is 5.10 Å². The van der Waals surface area contributed by atoms with E-state index in [1.165, 1.54) is 23.3 Å². The van der Waals surface area contributed by atoms with Gasteiger partial charge in [0.1, 0.15) is 5.75 Å². The van der Waals surface area contributed by atoms with Crippen LogP contribution >= 0.6 is 0 Å². The molecule has 172 valence electrons. The number of nitrogens with zero attached hydrogens (tertiary/aromatic N) is 2. The number of non-ortho nitro benzene ring substituents is 1. The van der Waals surface area contributed by atoms with Crippen LogP contribution in [-0.4, -0.2) is 31.5 Å². The highest BCUT2D eigenvalue weighted by Crippen LogP contribution is 2.30. The molecule has 1 N–H and O–H groups in total. The van der Waals surface area contributed by atoms with Crippen LogP contribution < -0.4 is 19.6 Å². The van der Waals surface area contributed by atoms with E-state index >= 15 is 0 Å². The Bertz CT molecular complexity index is 1110. The number of nitrogens with one attached hydrogen (secondary N) is 1. The van der Waals surface area contributed by atoms with Gasteiger partial charge in [-0.15, -0.1) is 0 Å². The van der Waals surface area contributed by atoms with Crippen molar-refractivity contribution in [3.63, 3.8) is 0 Å². The fraction of sp³-hybridized carbons (Fsp3) is 0.240. The van der Waals surface area contributed by atoms with Crippen LogP contribution in [0.1, 0.15) is 23.1 Å². The lowest BCUT2D eigenvalue weighted by atomic mass is 10.1. The summed E-state index contributed by atoms with van der Waals surface area (Å²) in [6.45, 7) is 5.11. The third-order valence-electron chi connectivity index (χ3n) is 4.99. The number of hydrazone groups is 1. The van der Waals surface area contributed by atoms with E-state index in [0.29, 0.717) is 36.8 Å². The van der Waals surface area contributed by atoms with Gasteiger partial charge < -0.3 is 14.2 Å². The number of benzene rings is 3. The lowest BCUT2D eigenvalue weighted by molar-refractivity contribution is -0.384. The molecular weight excluding hydrogens is 422 g/mol. The second-order valence-electron chi connectivity index (χ2n) is 7.35. The largest absolute Gasteiger partial charge is 0.493 e. The van der Waals surface area contributed by atoms with E-state index in [4.69, 9.17) is 14.2 Å². The molecule has 0 fully saturated rings. The molecule has 0 radical (unpaired) electrons. The second kappa shape index (κ2) is 11.5. The SMILES string of the molecule is COc1cccc(C=NNc2ccc([N+](=O)[O-])cc2)c1OCCCOc1ccc(C)c(C)c1. The van der Waals surface area contributed by atoms with Crippen molar-refractivity contribution < 1.29 is 19.1 Å². The molecule has 0 atom stereocenters. The molecule has 3 aromatic carbocycles. The summed E-state index contributed by atoms with van der Waals surface area (Å²) in [5, 5.41) is 15.0. The van der Waals surface area contributed by atoms with Crippen molar-refractivity contribution in [1.82, 2.24) is 0 Å². The number of ether oxygens (including phenoxy) is 3. The molecule has 0 heterocycles. The molecule has 0 spiro atoms. The van der Waals surface area contributed by atoms with Gasteiger partial charge in [-0.25, -0.2) is 0 Å². The minimum Gasteiger partial charge on any atom is -0.493 e. The van der Waals surface area contributed by atoms with E-state index in [0.717, 1.165) is 11.3 Å². The quantitative estimate of drug-likeness (QED) is 0.179. The number of aryl methyl sites for hydroxylation is 2. The van der Waals surface area contributed by atoms with E-state index in [1.54, 1.807) is 25.5 Å². The summed E-state index contributed by atoms with van der Waals surface area (Å²) in [4.78, 5) is 10.3. The zero-order chi connectivity index (χ0) is 23.6. The minimum atomic E-state index is -0.445. The number of hydrogen-bond acceptors (Lipinski definition) is 7. The van der Waals surface area contributed by atoms with Gasteiger partial charge in [-0.3, -0.25) is 15.5 Å². The third kappa shape index (κ3) is 6.70. The normalized spacial score (nSPS) is 10.8. The first-order valence-corrected chi connectivity index (χ1v) is 10.5. The molecule has 0 aromatic heterocycles. The number of hydrogen-bond donors (Lipinski definition) is 1. The Morgan fingerprint density at radius 1 is 1.00 bits per heavy atom. The number of nitro groups is 1. The fourth-order valence-electron chi connectivity index (χ4n) is 3.01. The van der Waals surface area contributed by atoms with Crippen LogP contribution in [0.4, 0.5) is 11.4 Å². The van der Waals surface area contributed by atoms with Gasteiger partial charge in [0.15, 0.2) is 11.5 Å². The Balaban J connectivity index is 1.56. The highest BCUT2D eigenvalue weighted by molar-refractivity contribution is 5.85. The van der Waals surface area contributed by atoms with E-state index in [-0.39, 0.29) is 5.69 Å². The van der Waals surface area contributed by atoms with E-state index in [2.05, 4.69) is 24.4 Å². The lowest BCUT2D eigenvalue weighted by Gasteiger charge is -2.13. The Morgan fingerprint density at radius 2 is 1.76 bits per heavy atom. The smallest absolute Gasteiger partial charge is 0.269 e. The number of para-hydroxylation sites is 1. The predicted molar refractivity (Wildman–Crippen MR) is 129 cm³/mol. The van der Waals surface area contributed by atoms with Crippen molar-refractivity contribution in [2.45, 2.75) is 20.3 Å². The molecule has 3 rings (SSSR count). The maximum Gasteiger partial charge on any atom is 0.269 e. The van der Waals surface area contributed by atoms with Crippen LogP contribution in [0.25, 0.3) is 0 Å². The molecule has 0 unspecified atom stereocenters. The van der Waals surface area contributed by atoms with Gasteiger partial charge in [0.2, 0.25) is 0 Å². The Labute approximate surface area is 193 Å². The number of anilines is 1. The van der Waals surface area contributed by atoms with Gasteiger partial charge in [0.25, 0.3) is 5.69 Å². The molecule has 0 saturated heterocycles. The first kappa shape index (κ1) is 23.6. The lowest BCUT2D eigenvalue weighted by Crippen LogP contribution is -2.07.